The van der Waals surface area contributed by atoms with Gasteiger partial charge >= 0.3 is 5.97 Å². The van der Waals surface area contributed by atoms with Crippen molar-refractivity contribution in [3.8, 4) is 17.2 Å². The number of carbonyl (C=O) groups is 1. The maximum absolute atomic E-state index is 12.4. The number of rotatable bonds is 11. The molecule has 0 radical (unpaired) electrons. The van der Waals surface area contributed by atoms with Gasteiger partial charge in [-0.15, -0.1) is 0 Å². The number of nitrogens with zero attached hydrogens (tertiary/aromatic N) is 2. The third-order valence-corrected chi connectivity index (χ3v) is 6.30. The minimum atomic E-state index is -1.08. The second kappa shape index (κ2) is 11.7. The Labute approximate surface area is 224 Å². The lowest BCUT2D eigenvalue weighted by Gasteiger charge is -2.27. The van der Waals surface area contributed by atoms with Crippen molar-refractivity contribution in [2.24, 2.45) is 0 Å². The van der Waals surface area contributed by atoms with Crippen molar-refractivity contribution in [1.29, 1.82) is 0 Å². The molecule has 0 saturated carbocycles. The van der Waals surface area contributed by atoms with Gasteiger partial charge in [0.1, 0.15) is 17.3 Å². The van der Waals surface area contributed by atoms with Gasteiger partial charge in [0.05, 0.1) is 25.1 Å². The van der Waals surface area contributed by atoms with Crippen LogP contribution in [-0.4, -0.2) is 28.1 Å². The number of furan rings is 1. The Balaban J connectivity index is 1.57. The molecule has 0 atom stereocenters. The molecule has 4 rings (SSSR count). The van der Waals surface area contributed by atoms with E-state index in [1.54, 1.807) is 27.0 Å². The summed E-state index contributed by atoms with van der Waals surface area (Å²) in [7, 11) is 0. The van der Waals surface area contributed by atoms with E-state index in [1.165, 1.54) is 0 Å². The number of hydrogen-bond donors (Lipinski definition) is 0. The van der Waals surface area contributed by atoms with E-state index in [0.29, 0.717) is 37.9 Å². The molecule has 7 nitrogen and oxygen atoms in total. The number of esters is 1. The van der Waals surface area contributed by atoms with Crippen LogP contribution in [-0.2, 0) is 29.2 Å². The maximum Gasteiger partial charge on any atom is 0.349 e. The molecule has 0 aliphatic carbocycles. The molecule has 2 aromatic heterocycles. The molecule has 0 aliphatic heterocycles. The Morgan fingerprint density at radius 1 is 0.974 bits per heavy atom. The Kier molecular flexibility index (Phi) is 8.37. The van der Waals surface area contributed by atoms with Crippen LogP contribution in [0.2, 0.25) is 0 Å². The second-order valence-electron chi connectivity index (χ2n) is 10.0. The largest absolute Gasteiger partial charge is 0.476 e. The molecular weight excluding hydrogens is 480 g/mol. The number of hydrogen-bond acceptors (Lipinski definition) is 7. The molecule has 7 heteroatoms. The Morgan fingerprint density at radius 3 is 2.32 bits per heavy atom. The van der Waals surface area contributed by atoms with Crippen LogP contribution in [0, 0.1) is 20.8 Å². The molecule has 4 aromatic rings. The average Bonchev–Trinajstić information content (AvgIpc) is 3.52. The molecule has 0 amide bonds. The molecule has 0 N–H and O–H groups in total. The van der Waals surface area contributed by atoms with Crippen molar-refractivity contribution in [2.75, 3.05) is 6.61 Å². The SMILES string of the molecule is CCOC(=O)C(C)(C)Oc1c(C)cc(CN(Cc2ccco2)Cc2nc(-c3ccccc3)oc2C)cc1C. The highest BCUT2D eigenvalue weighted by Gasteiger charge is 2.32. The Bertz CT molecular complexity index is 1330. The molecule has 0 bridgehead atoms. The minimum Gasteiger partial charge on any atom is -0.476 e. The van der Waals surface area contributed by atoms with Crippen LogP contribution in [0.25, 0.3) is 11.5 Å². The molecule has 38 heavy (non-hydrogen) atoms. The van der Waals surface area contributed by atoms with Crippen LogP contribution >= 0.6 is 0 Å². The van der Waals surface area contributed by atoms with E-state index in [9.17, 15) is 4.79 Å². The zero-order valence-corrected chi connectivity index (χ0v) is 23.0. The van der Waals surface area contributed by atoms with Gasteiger partial charge in [-0.05, 0) is 82.5 Å². The lowest BCUT2D eigenvalue weighted by atomic mass is 10.0. The van der Waals surface area contributed by atoms with Crippen LogP contribution in [0.15, 0.2) is 69.7 Å². The third-order valence-electron chi connectivity index (χ3n) is 6.30. The quantitative estimate of drug-likeness (QED) is 0.203. The Morgan fingerprint density at radius 2 is 1.68 bits per heavy atom. The molecule has 200 valence electrons. The van der Waals surface area contributed by atoms with Crippen molar-refractivity contribution in [3.63, 3.8) is 0 Å². The highest BCUT2D eigenvalue weighted by atomic mass is 16.6. The highest BCUT2D eigenvalue weighted by molar-refractivity contribution is 5.79. The van der Waals surface area contributed by atoms with E-state index in [2.05, 4.69) is 17.0 Å². The molecule has 0 unspecified atom stereocenters. The summed E-state index contributed by atoms with van der Waals surface area (Å²) in [6.07, 6.45) is 1.69. The fourth-order valence-corrected chi connectivity index (χ4v) is 4.43. The normalized spacial score (nSPS) is 11.7. The Hall–Kier alpha value is -3.84. The first-order valence-electron chi connectivity index (χ1n) is 12.9. The summed E-state index contributed by atoms with van der Waals surface area (Å²) in [5.74, 6) is 2.60. The van der Waals surface area contributed by atoms with Gasteiger partial charge in [-0.1, -0.05) is 30.3 Å². The van der Waals surface area contributed by atoms with E-state index in [0.717, 1.165) is 39.5 Å². The zero-order chi connectivity index (χ0) is 27.3. The maximum atomic E-state index is 12.4. The lowest BCUT2D eigenvalue weighted by Crippen LogP contribution is -2.40. The summed E-state index contributed by atoms with van der Waals surface area (Å²) in [5, 5.41) is 0. The molecule has 2 aromatic carbocycles. The fraction of sp³-hybridized carbons (Fsp3) is 0.355. The summed E-state index contributed by atoms with van der Waals surface area (Å²) in [4.78, 5) is 19.5. The van der Waals surface area contributed by atoms with Gasteiger partial charge in [0.15, 0.2) is 5.60 Å². The number of oxazole rings is 1. The predicted molar refractivity (Wildman–Crippen MR) is 146 cm³/mol. The van der Waals surface area contributed by atoms with Crippen LogP contribution in [0.4, 0.5) is 0 Å². The van der Waals surface area contributed by atoms with Crippen molar-refractivity contribution in [1.82, 2.24) is 9.88 Å². The van der Waals surface area contributed by atoms with Gasteiger partial charge in [-0.3, -0.25) is 4.90 Å². The van der Waals surface area contributed by atoms with Crippen LogP contribution in [0.1, 0.15) is 54.7 Å². The standard InChI is InChI=1S/C31H36N2O5/c1-7-35-30(34)31(5,6)38-28-21(2)16-24(17-22(28)3)18-33(19-26-14-11-15-36-26)20-27-23(4)37-29(32-27)25-12-9-8-10-13-25/h8-17H,7,18-20H2,1-6H3. The van der Waals surface area contributed by atoms with Gasteiger partial charge < -0.3 is 18.3 Å². The first kappa shape index (κ1) is 27.2. The zero-order valence-electron chi connectivity index (χ0n) is 23.0. The van der Waals surface area contributed by atoms with Crippen LogP contribution < -0.4 is 4.74 Å². The molecule has 2 heterocycles. The highest BCUT2D eigenvalue weighted by Crippen LogP contribution is 2.30. The summed E-state index contributed by atoms with van der Waals surface area (Å²) in [5.41, 5.74) is 3.79. The van der Waals surface area contributed by atoms with E-state index in [-0.39, 0.29) is 5.97 Å². The monoisotopic (exact) mass is 516 g/mol. The third kappa shape index (κ3) is 6.53. The fourth-order valence-electron chi connectivity index (χ4n) is 4.43. The summed E-state index contributed by atoms with van der Waals surface area (Å²) < 4.78 is 23.0. The van der Waals surface area contributed by atoms with Gasteiger partial charge in [0.25, 0.3) is 0 Å². The van der Waals surface area contributed by atoms with E-state index in [4.69, 9.17) is 23.3 Å². The molecule has 0 spiro atoms. The van der Waals surface area contributed by atoms with Crippen molar-refractivity contribution in [3.05, 3.63) is 94.8 Å². The van der Waals surface area contributed by atoms with Crippen molar-refractivity contribution < 1.29 is 23.1 Å². The first-order valence-corrected chi connectivity index (χ1v) is 12.9. The predicted octanol–water partition coefficient (Wildman–Crippen LogP) is 6.78. The molecule has 0 aliphatic rings. The van der Waals surface area contributed by atoms with Gasteiger partial charge in [0.2, 0.25) is 5.89 Å². The first-order chi connectivity index (χ1) is 18.2. The topological polar surface area (TPSA) is 77.9 Å². The van der Waals surface area contributed by atoms with Crippen molar-refractivity contribution in [2.45, 2.75) is 66.8 Å². The van der Waals surface area contributed by atoms with E-state index >= 15 is 0 Å². The molecule has 0 saturated heterocycles. The lowest BCUT2D eigenvalue weighted by molar-refractivity contribution is -0.158. The average molecular weight is 517 g/mol. The van der Waals surface area contributed by atoms with Gasteiger partial charge in [-0.25, -0.2) is 9.78 Å². The van der Waals surface area contributed by atoms with Gasteiger partial charge in [-0.2, -0.15) is 0 Å². The van der Waals surface area contributed by atoms with Crippen molar-refractivity contribution >= 4 is 5.97 Å². The number of carbonyl (C=O) groups excluding carboxylic acids is 1. The molecular formula is C31H36N2O5. The summed E-state index contributed by atoms with van der Waals surface area (Å²) in [6.45, 7) is 13.4. The van der Waals surface area contributed by atoms with Crippen LogP contribution in [0.5, 0.6) is 5.75 Å². The second-order valence-corrected chi connectivity index (χ2v) is 10.0. The number of aromatic nitrogens is 1. The number of ether oxygens (including phenoxy) is 2. The summed E-state index contributed by atoms with van der Waals surface area (Å²) in [6, 6.07) is 18.0. The van der Waals surface area contributed by atoms with E-state index in [1.807, 2.05) is 63.2 Å². The summed E-state index contributed by atoms with van der Waals surface area (Å²) >= 11 is 0. The number of aryl methyl sites for hydroxylation is 3. The molecule has 0 fully saturated rings. The minimum absolute atomic E-state index is 0.311. The number of benzene rings is 2. The van der Waals surface area contributed by atoms with Gasteiger partial charge in [0, 0.05) is 18.7 Å². The van der Waals surface area contributed by atoms with E-state index < -0.39 is 5.60 Å². The van der Waals surface area contributed by atoms with Crippen LogP contribution in [0.3, 0.4) is 0 Å². The smallest absolute Gasteiger partial charge is 0.349 e.